The lowest BCUT2D eigenvalue weighted by Gasteiger charge is -2.12. The van der Waals surface area contributed by atoms with Gasteiger partial charge in [0.25, 0.3) is 0 Å². The Morgan fingerprint density at radius 2 is 1.89 bits per heavy atom. The van der Waals surface area contributed by atoms with Gasteiger partial charge in [-0.3, -0.25) is 0 Å². The topological polar surface area (TPSA) is 41.9 Å². The van der Waals surface area contributed by atoms with E-state index in [1.807, 2.05) is 18.9 Å². The van der Waals surface area contributed by atoms with Crippen LogP contribution in [0, 0.1) is 13.8 Å². The Labute approximate surface area is 156 Å². The van der Waals surface area contributed by atoms with Crippen LogP contribution in [-0.4, -0.2) is 30.8 Å². The Bertz CT molecular complexity index is 861. The predicted molar refractivity (Wildman–Crippen MR) is 98.8 cm³/mol. The van der Waals surface area contributed by atoms with Crippen molar-refractivity contribution in [2.24, 2.45) is 4.99 Å². The Balaban J connectivity index is 2.25. The van der Waals surface area contributed by atoms with Gasteiger partial charge in [-0.15, -0.1) is 0 Å². The van der Waals surface area contributed by atoms with Gasteiger partial charge < -0.3 is 9.64 Å². The lowest BCUT2D eigenvalue weighted by molar-refractivity contribution is -0.137. The van der Waals surface area contributed by atoms with Gasteiger partial charge in [0.1, 0.15) is 5.75 Å². The fraction of sp³-hybridized carbons (Fsp3) is 0.300. The van der Waals surface area contributed by atoms with Crippen LogP contribution in [0.5, 0.6) is 5.75 Å². The van der Waals surface area contributed by atoms with Crippen molar-refractivity contribution in [3.05, 3.63) is 58.7 Å². The summed E-state index contributed by atoms with van der Waals surface area (Å²) in [5.41, 5.74) is 1.52. The summed E-state index contributed by atoms with van der Waals surface area (Å²) in [6, 6.07) is 7.62. The zero-order valence-electron chi connectivity index (χ0n) is 15.6. The average Bonchev–Trinajstić information content (AvgIpc) is 2.61. The highest BCUT2D eigenvalue weighted by Crippen LogP contribution is 2.32. The molecule has 2 aromatic carbocycles. The fourth-order valence-corrected chi connectivity index (χ4v) is 2.30. The highest BCUT2D eigenvalue weighted by Gasteiger charge is 2.30. The highest BCUT2D eigenvalue weighted by atomic mass is 19.4. The van der Waals surface area contributed by atoms with E-state index in [0.29, 0.717) is 11.3 Å². The molecule has 0 saturated heterocycles. The molecule has 0 atom stereocenters. The minimum absolute atomic E-state index is 0.154. The van der Waals surface area contributed by atoms with Crippen molar-refractivity contribution in [1.29, 1.82) is 0 Å². The van der Waals surface area contributed by atoms with Crippen molar-refractivity contribution < 1.29 is 22.7 Å². The molecule has 4 nitrogen and oxygen atoms in total. The van der Waals surface area contributed by atoms with E-state index >= 15 is 0 Å². The molecule has 0 unspecified atom stereocenters. The quantitative estimate of drug-likeness (QED) is 0.313. The summed E-state index contributed by atoms with van der Waals surface area (Å²) in [4.78, 5) is 18.7. The largest absolute Gasteiger partial charge is 0.423 e. The Kier molecular flexibility index (Phi) is 6.25. The zero-order valence-corrected chi connectivity index (χ0v) is 15.6. The fourth-order valence-electron chi connectivity index (χ4n) is 2.30. The van der Waals surface area contributed by atoms with E-state index in [0.717, 1.165) is 24.2 Å². The van der Waals surface area contributed by atoms with E-state index < -0.39 is 17.7 Å². The maximum Gasteiger partial charge on any atom is 0.416 e. The van der Waals surface area contributed by atoms with Crippen LogP contribution >= 0.6 is 0 Å². The molecule has 2 rings (SSSR count). The number of aliphatic imine (C=N–C) groups is 1. The van der Waals surface area contributed by atoms with Gasteiger partial charge in [0, 0.05) is 13.6 Å². The molecule has 0 aliphatic heterocycles. The van der Waals surface area contributed by atoms with E-state index in [-0.39, 0.29) is 11.3 Å². The number of alkyl halides is 3. The van der Waals surface area contributed by atoms with Crippen LogP contribution in [0.15, 0.2) is 41.4 Å². The van der Waals surface area contributed by atoms with Gasteiger partial charge in [-0.25, -0.2) is 9.79 Å². The van der Waals surface area contributed by atoms with Gasteiger partial charge in [0.15, 0.2) is 0 Å². The molecule has 0 bridgehead atoms. The number of hydrogen-bond donors (Lipinski definition) is 0. The summed E-state index contributed by atoms with van der Waals surface area (Å²) in [5, 5.41) is 0. The number of esters is 1. The zero-order chi connectivity index (χ0) is 20.2. The maximum atomic E-state index is 12.8. The van der Waals surface area contributed by atoms with Crippen LogP contribution in [0.1, 0.15) is 34.0 Å². The second-order valence-electron chi connectivity index (χ2n) is 6.19. The lowest BCUT2D eigenvalue weighted by Crippen LogP contribution is -2.14. The molecule has 7 heteroatoms. The van der Waals surface area contributed by atoms with E-state index in [1.54, 1.807) is 32.3 Å². The average molecular weight is 378 g/mol. The van der Waals surface area contributed by atoms with Crippen molar-refractivity contribution in [2.75, 3.05) is 13.6 Å². The van der Waals surface area contributed by atoms with Gasteiger partial charge in [-0.2, -0.15) is 13.2 Å². The standard InChI is InChI=1S/C20H21F3N2O2/c1-5-25(4)12-24-18-10-13(2)17(9-14(18)3)19(26)27-16-8-6-7-15(11-16)20(21,22)23/h6-12H,5H2,1-4H3. The summed E-state index contributed by atoms with van der Waals surface area (Å²) in [6.07, 6.45) is -2.80. The second-order valence-corrected chi connectivity index (χ2v) is 6.19. The molecule has 0 fully saturated rings. The monoisotopic (exact) mass is 378 g/mol. The van der Waals surface area contributed by atoms with Crippen LogP contribution in [0.2, 0.25) is 0 Å². The molecular formula is C20H21F3N2O2. The van der Waals surface area contributed by atoms with Gasteiger partial charge in [0.05, 0.1) is 23.2 Å². The Hall–Kier alpha value is -2.83. The summed E-state index contributed by atoms with van der Waals surface area (Å²) in [6.45, 7) is 6.34. The number of hydrogen-bond acceptors (Lipinski definition) is 3. The normalized spacial score (nSPS) is 11.7. The molecule has 0 aliphatic rings. The first kappa shape index (κ1) is 20.5. The van der Waals surface area contributed by atoms with Crippen molar-refractivity contribution >= 4 is 18.0 Å². The number of rotatable bonds is 5. The highest BCUT2D eigenvalue weighted by molar-refractivity contribution is 5.93. The number of carbonyl (C=O) groups is 1. The SMILES string of the molecule is CCN(C)C=Nc1cc(C)c(C(=O)Oc2cccc(C(F)(F)F)c2)cc1C. The van der Waals surface area contributed by atoms with Gasteiger partial charge in [-0.05, 0) is 62.2 Å². The van der Waals surface area contributed by atoms with Gasteiger partial charge >= 0.3 is 12.1 Å². The van der Waals surface area contributed by atoms with Crippen LogP contribution in [-0.2, 0) is 6.18 Å². The molecule has 0 heterocycles. The Morgan fingerprint density at radius 1 is 1.19 bits per heavy atom. The molecular weight excluding hydrogens is 357 g/mol. The molecule has 0 aliphatic carbocycles. The van der Waals surface area contributed by atoms with E-state index in [2.05, 4.69) is 4.99 Å². The van der Waals surface area contributed by atoms with E-state index in [1.165, 1.54) is 12.1 Å². The Morgan fingerprint density at radius 3 is 2.52 bits per heavy atom. The molecule has 0 amide bonds. The summed E-state index contributed by atoms with van der Waals surface area (Å²) < 4.78 is 43.5. The van der Waals surface area contributed by atoms with Crippen LogP contribution in [0.4, 0.5) is 18.9 Å². The third kappa shape index (κ3) is 5.32. The second kappa shape index (κ2) is 8.24. The first-order valence-electron chi connectivity index (χ1n) is 8.37. The van der Waals surface area contributed by atoms with Crippen molar-refractivity contribution in [3.8, 4) is 5.75 Å². The molecule has 2 aromatic rings. The van der Waals surface area contributed by atoms with Crippen molar-refractivity contribution in [1.82, 2.24) is 4.90 Å². The summed E-state index contributed by atoms with van der Waals surface area (Å²) in [7, 11) is 1.90. The molecule has 0 aromatic heterocycles. The molecule has 144 valence electrons. The number of halogens is 3. The number of carbonyl (C=O) groups excluding carboxylic acids is 1. The van der Waals surface area contributed by atoms with Crippen LogP contribution in [0.25, 0.3) is 0 Å². The maximum absolute atomic E-state index is 12.8. The van der Waals surface area contributed by atoms with Crippen LogP contribution < -0.4 is 4.74 Å². The third-order valence-corrected chi connectivity index (χ3v) is 4.03. The van der Waals surface area contributed by atoms with Crippen molar-refractivity contribution in [2.45, 2.75) is 26.9 Å². The smallest absolute Gasteiger partial charge is 0.416 e. The third-order valence-electron chi connectivity index (χ3n) is 4.03. The number of aryl methyl sites for hydroxylation is 2. The molecule has 0 saturated carbocycles. The lowest BCUT2D eigenvalue weighted by atomic mass is 10.0. The first-order valence-corrected chi connectivity index (χ1v) is 8.37. The predicted octanol–water partition coefficient (Wildman–Crippen LogP) is 5.15. The van der Waals surface area contributed by atoms with Crippen molar-refractivity contribution in [3.63, 3.8) is 0 Å². The molecule has 0 N–H and O–H groups in total. The minimum Gasteiger partial charge on any atom is -0.423 e. The number of benzene rings is 2. The first-order chi connectivity index (χ1) is 12.6. The minimum atomic E-state index is -4.50. The van der Waals surface area contributed by atoms with Crippen LogP contribution in [0.3, 0.4) is 0 Å². The summed E-state index contributed by atoms with van der Waals surface area (Å²) >= 11 is 0. The molecule has 0 radical (unpaired) electrons. The molecule has 0 spiro atoms. The molecule has 27 heavy (non-hydrogen) atoms. The number of ether oxygens (including phenoxy) is 1. The van der Waals surface area contributed by atoms with E-state index in [9.17, 15) is 18.0 Å². The van der Waals surface area contributed by atoms with Gasteiger partial charge in [-0.1, -0.05) is 6.07 Å². The number of nitrogens with zero attached hydrogens (tertiary/aromatic N) is 2. The van der Waals surface area contributed by atoms with Gasteiger partial charge in [0.2, 0.25) is 0 Å². The van der Waals surface area contributed by atoms with E-state index in [4.69, 9.17) is 4.74 Å². The summed E-state index contributed by atoms with van der Waals surface area (Å²) in [5.74, 6) is -0.866.